The van der Waals surface area contributed by atoms with Crippen LogP contribution in [0.15, 0.2) is 28.8 Å². The smallest absolute Gasteiger partial charge is 0.321 e. The van der Waals surface area contributed by atoms with Crippen molar-refractivity contribution >= 4 is 11.7 Å². The van der Waals surface area contributed by atoms with Gasteiger partial charge in [0, 0.05) is 18.8 Å². The van der Waals surface area contributed by atoms with E-state index in [1.807, 2.05) is 13.0 Å². The van der Waals surface area contributed by atoms with Crippen molar-refractivity contribution in [3.63, 3.8) is 0 Å². The number of hydrogen-bond donors (Lipinski definition) is 1. The van der Waals surface area contributed by atoms with E-state index >= 15 is 0 Å². The van der Waals surface area contributed by atoms with Crippen molar-refractivity contribution in [3.8, 4) is 0 Å². The number of amides is 2. The molecule has 0 fully saturated rings. The van der Waals surface area contributed by atoms with Crippen LogP contribution in [0.3, 0.4) is 0 Å². The Balaban J connectivity index is 2.21. The summed E-state index contributed by atoms with van der Waals surface area (Å²) in [5.41, 5.74) is 3.97. The van der Waals surface area contributed by atoms with Crippen molar-refractivity contribution < 1.29 is 9.32 Å². The molecule has 0 saturated carbocycles. The number of nitrogens with zero attached hydrogens (tertiary/aromatic N) is 2. The van der Waals surface area contributed by atoms with Gasteiger partial charge < -0.3 is 14.7 Å². The number of rotatable bonds is 5. The van der Waals surface area contributed by atoms with Crippen molar-refractivity contribution in [1.29, 1.82) is 0 Å². The molecule has 2 rings (SSSR count). The first-order chi connectivity index (χ1) is 11.3. The van der Waals surface area contributed by atoms with Crippen LogP contribution in [0.25, 0.3) is 0 Å². The molecule has 1 N–H and O–H groups in total. The molecule has 0 radical (unpaired) electrons. The van der Waals surface area contributed by atoms with Gasteiger partial charge in [-0.25, -0.2) is 4.79 Å². The average Bonchev–Trinajstić information content (AvgIpc) is 2.91. The maximum absolute atomic E-state index is 12.6. The molecular weight excluding hydrogens is 302 g/mol. The van der Waals surface area contributed by atoms with Gasteiger partial charge in [-0.1, -0.05) is 51.1 Å². The number of benzene rings is 1. The van der Waals surface area contributed by atoms with Crippen LogP contribution >= 0.6 is 0 Å². The summed E-state index contributed by atoms with van der Waals surface area (Å²) in [6.45, 7) is 10.8. The molecule has 0 spiro atoms. The van der Waals surface area contributed by atoms with Crippen LogP contribution in [0.5, 0.6) is 0 Å². The van der Waals surface area contributed by atoms with E-state index in [0.717, 1.165) is 28.3 Å². The number of para-hydroxylation sites is 1. The molecular formula is C19H27N3O2. The Hall–Kier alpha value is -2.30. The zero-order chi connectivity index (χ0) is 17.9. The number of carbonyl (C=O) groups excluding carboxylic acids is 1. The summed E-state index contributed by atoms with van der Waals surface area (Å²) in [6.07, 6.45) is 0. The molecule has 2 aromatic rings. The molecule has 0 unspecified atom stereocenters. The molecule has 0 aliphatic heterocycles. The summed E-state index contributed by atoms with van der Waals surface area (Å²) in [6, 6.07) is 7.90. The van der Waals surface area contributed by atoms with Crippen LogP contribution in [-0.2, 0) is 6.54 Å². The van der Waals surface area contributed by atoms with Gasteiger partial charge in [0.05, 0.1) is 6.54 Å². The van der Waals surface area contributed by atoms with Crippen molar-refractivity contribution in [1.82, 2.24) is 10.1 Å². The standard InChI is InChI=1S/C19H27N3O2/c1-12(2)16-8-7-9-17(13(3)4)18(16)20-19(23)22(6)11-15-10-14(5)24-21-15/h7-10,12-13H,11H2,1-6H3,(H,20,23). The Labute approximate surface area is 144 Å². The van der Waals surface area contributed by atoms with Crippen molar-refractivity contribution in [3.05, 3.63) is 46.8 Å². The fraction of sp³-hybridized carbons (Fsp3) is 0.474. The van der Waals surface area contributed by atoms with Crippen molar-refractivity contribution in [2.45, 2.75) is 53.0 Å². The van der Waals surface area contributed by atoms with Gasteiger partial charge in [-0.15, -0.1) is 0 Å². The lowest BCUT2D eigenvalue weighted by atomic mass is 9.93. The lowest BCUT2D eigenvalue weighted by molar-refractivity contribution is 0.219. The normalized spacial score (nSPS) is 11.2. The summed E-state index contributed by atoms with van der Waals surface area (Å²) >= 11 is 0. The summed E-state index contributed by atoms with van der Waals surface area (Å²) in [7, 11) is 1.76. The van der Waals surface area contributed by atoms with Gasteiger partial charge in [-0.3, -0.25) is 0 Å². The minimum atomic E-state index is -0.148. The summed E-state index contributed by atoms with van der Waals surface area (Å²) in [5, 5.41) is 7.04. The van der Waals surface area contributed by atoms with Gasteiger partial charge in [0.2, 0.25) is 0 Å². The lowest BCUT2D eigenvalue weighted by Gasteiger charge is -2.23. The quantitative estimate of drug-likeness (QED) is 0.849. The topological polar surface area (TPSA) is 58.4 Å². The first kappa shape index (κ1) is 18.0. The minimum absolute atomic E-state index is 0.148. The van der Waals surface area contributed by atoms with E-state index in [2.05, 4.69) is 56.4 Å². The number of hydrogen-bond acceptors (Lipinski definition) is 3. The van der Waals surface area contributed by atoms with E-state index < -0.39 is 0 Å². The molecule has 0 saturated heterocycles. The van der Waals surface area contributed by atoms with Gasteiger partial charge in [0.15, 0.2) is 0 Å². The molecule has 130 valence electrons. The molecule has 24 heavy (non-hydrogen) atoms. The number of nitrogens with one attached hydrogen (secondary N) is 1. The van der Waals surface area contributed by atoms with E-state index in [9.17, 15) is 4.79 Å². The van der Waals surface area contributed by atoms with Crippen molar-refractivity contribution in [2.75, 3.05) is 12.4 Å². The minimum Gasteiger partial charge on any atom is -0.361 e. The number of anilines is 1. The second-order valence-corrected chi connectivity index (χ2v) is 6.84. The second-order valence-electron chi connectivity index (χ2n) is 6.84. The predicted octanol–water partition coefficient (Wildman–Crippen LogP) is 4.89. The van der Waals surface area contributed by atoms with Gasteiger partial charge in [-0.2, -0.15) is 0 Å². The Morgan fingerprint density at radius 2 is 1.79 bits per heavy atom. The number of urea groups is 1. The molecule has 5 nitrogen and oxygen atoms in total. The third-order valence-electron chi connectivity index (χ3n) is 4.03. The van der Waals surface area contributed by atoms with E-state index in [1.165, 1.54) is 0 Å². The monoisotopic (exact) mass is 329 g/mol. The van der Waals surface area contributed by atoms with Crippen LogP contribution < -0.4 is 5.32 Å². The van der Waals surface area contributed by atoms with Crippen LogP contribution in [0.4, 0.5) is 10.5 Å². The first-order valence-corrected chi connectivity index (χ1v) is 8.36. The second kappa shape index (κ2) is 7.51. The molecule has 0 aliphatic carbocycles. The number of aryl methyl sites for hydroxylation is 1. The van der Waals surface area contributed by atoms with E-state index in [0.29, 0.717) is 18.4 Å². The maximum atomic E-state index is 12.6. The van der Waals surface area contributed by atoms with Gasteiger partial charge in [0.1, 0.15) is 11.5 Å². The van der Waals surface area contributed by atoms with Gasteiger partial charge in [-0.05, 0) is 29.9 Å². The fourth-order valence-electron chi connectivity index (χ4n) is 2.71. The predicted molar refractivity (Wildman–Crippen MR) is 96.3 cm³/mol. The van der Waals surface area contributed by atoms with Crippen molar-refractivity contribution in [2.24, 2.45) is 0 Å². The van der Waals surface area contributed by atoms with Crippen LogP contribution in [0.2, 0.25) is 0 Å². The summed E-state index contributed by atoms with van der Waals surface area (Å²) in [4.78, 5) is 14.2. The van der Waals surface area contributed by atoms with Crippen LogP contribution in [-0.4, -0.2) is 23.1 Å². The molecule has 0 bridgehead atoms. The molecule has 2 amide bonds. The zero-order valence-corrected chi connectivity index (χ0v) is 15.4. The Morgan fingerprint density at radius 3 is 2.25 bits per heavy atom. The third kappa shape index (κ3) is 4.16. The number of carbonyl (C=O) groups is 1. The molecule has 5 heteroatoms. The zero-order valence-electron chi connectivity index (χ0n) is 15.4. The van der Waals surface area contributed by atoms with Gasteiger partial charge in [0.25, 0.3) is 0 Å². The molecule has 0 atom stereocenters. The molecule has 1 aromatic heterocycles. The SMILES string of the molecule is Cc1cc(CN(C)C(=O)Nc2c(C(C)C)cccc2C(C)C)no1. The molecule has 1 aromatic carbocycles. The van der Waals surface area contributed by atoms with Gasteiger partial charge >= 0.3 is 6.03 Å². The van der Waals surface area contributed by atoms with Crippen LogP contribution in [0, 0.1) is 6.92 Å². The van der Waals surface area contributed by atoms with E-state index in [-0.39, 0.29) is 6.03 Å². The Morgan fingerprint density at radius 1 is 1.21 bits per heavy atom. The maximum Gasteiger partial charge on any atom is 0.321 e. The molecule has 0 aliphatic rings. The highest BCUT2D eigenvalue weighted by Crippen LogP contribution is 2.32. The summed E-state index contributed by atoms with van der Waals surface area (Å²) < 4.78 is 5.06. The third-order valence-corrected chi connectivity index (χ3v) is 4.03. The highest BCUT2D eigenvalue weighted by Gasteiger charge is 2.18. The van der Waals surface area contributed by atoms with Crippen LogP contribution in [0.1, 0.15) is 62.1 Å². The van der Waals surface area contributed by atoms with E-state index in [1.54, 1.807) is 11.9 Å². The number of aromatic nitrogens is 1. The fourth-order valence-corrected chi connectivity index (χ4v) is 2.71. The van der Waals surface area contributed by atoms with E-state index in [4.69, 9.17) is 4.52 Å². The lowest BCUT2D eigenvalue weighted by Crippen LogP contribution is -2.31. The summed E-state index contributed by atoms with van der Waals surface area (Å²) in [5.74, 6) is 1.41. The largest absolute Gasteiger partial charge is 0.361 e. The first-order valence-electron chi connectivity index (χ1n) is 8.36. The average molecular weight is 329 g/mol. The Kier molecular flexibility index (Phi) is 5.65. The molecule has 1 heterocycles. The highest BCUT2D eigenvalue weighted by atomic mass is 16.5. The Bertz CT molecular complexity index is 678. The highest BCUT2D eigenvalue weighted by molar-refractivity contribution is 5.91.